The third-order valence-corrected chi connectivity index (χ3v) is 4.89. The molecular formula is C18H28N4O. The van der Waals surface area contributed by atoms with Crippen LogP contribution in [-0.4, -0.2) is 68.6 Å². The standard InChI is InChI=1S/C18H28N4O/c1-20-11-13-21(14-12-20)17-7-5-16(6-8-17)19-15-18(23)22-9-3-2-4-10-22/h5-8,19H,2-4,9-15H2,1H3. The third kappa shape index (κ3) is 4.38. The maximum Gasteiger partial charge on any atom is 0.241 e. The molecule has 2 aliphatic rings. The van der Waals surface area contributed by atoms with Crippen LogP contribution in [0, 0.1) is 0 Å². The number of hydrogen-bond donors (Lipinski definition) is 1. The Kier molecular flexibility index (Phi) is 5.39. The zero-order valence-electron chi connectivity index (χ0n) is 14.1. The zero-order valence-corrected chi connectivity index (χ0v) is 14.1. The Balaban J connectivity index is 1.48. The van der Waals surface area contributed by atoms with Crippen molar-refractivity contribution in [1.82, 2.24) is 9.80 Å². The van der Waals surface area contributed by atoms with Crippen LogP contribution in [0.5, 0.6) is 0 Å². The number of hydrogen-bond acceptors (Lipinski definition) is 4. The molecule has 0 atom stereocenters. The summed E-state index contributed by atoms with van der Waals surface area (Å²) in [6.45, 7) is 6.63. The van der Waals surface area contributed by atoms with Gasteiger partial charge in [0, 0.05) is 50.6 Å². The van der Waals surface area contributed by atoms with Gasteiger partial charge in [-0.2, -0.15) is 0 Å². The Morgan fingerprint density at radius 1 is 0.957 bits per heavy atom. The Hall–Kier alpha value is -1.75. The summed E-state index contributed by atoms with van der Waals surface area (Å²) in [5, 5.41) is 3.26. The van der Waals surface area contributed by atoms with Gasteiger partial charge in [0.1, 0.15) is 0 Å². The average Bonchev–Trinajstić information content (AvgIpc) is 2.61. The van der Waals surface area contributed by atoms with Crippen molar-refractivity contribution in [3.05, 3.63) is 24.3 Å². The van der Waals surface area contributed by atoms with Gasteiger partial charge < -0.3 is 20.0 Å². The van der Waals surface area contributed by atoms with E-state index >= 15 is 0 Å². The molecule has 2 heterocycles. The minimum atomic E-state index is 0.216. The highest BCUT2D eigenvalue weighted by atomic mass is 16.2. The fourth-order valence-corrected chi connectivity index (χ4v) is 3.29. The molecule has 0 radical (unpaired) electrons. The van der Waals surface area contributed by atoms with E-state index in [1.807, 2.05) is 4.90 Å². The van der Waals surface area contributed by atoms with Crippen molar-refractivity contribution in [1.29, 1.82) is 0 Å². The van der Waals surface area contributed by atoms with Crippen LogP contribution in [0.3, 0.4) is 0 Å². The first kappa shape index (κ1) is 16.1. The summed E-state index contributed by atoms with van der Waals surface area (Å²) in [6, 6.07) is 8.46. The SMILES string of the molecule is CN1CCN(c2ccc(NCC(=O)N3CCCCC3)cc2)CC1. The van der Waals surface area contributed by atoms with Gasteiger partial charge in [-0.15, -0.1) is 0 Å². The molecule has 5 heteroatoms. The fourth-order valence-electron chi connectivity index (χ4n) is 3.29. The summed E-state index contributed by atoms with van der Waals surface area (Å²) < 4.78 is 0. The molecule has 0 bridgehead atoms. The summed E-state index contributed by atoms with van der Waals surface area (Å²) in [7, 11) is 2.17. The summed E-state index contributed by atoms with van der Waals surface area (Å²) in [6.07, 6.45) is 3.54. The van der Waals surface area contributed by atoms with Gasteiger partial charge in [-0.1, -0.05) is 0 Å². The zero-order chi connectivity index (χ0) is 16.1. The van der Waals surface area contributed by atoms with E-state index in [0.29, 0.717) is 6.54 Å². The van der Waals surface area contributed by atoms with Crippen LogP contribution in [0.25, 0.3) is 0 Å². The molecule has 1 aromatic carbocycles. The Morgan fingerprint density at radius 3 is 2.26 bits per heavy atom. The first-order valence-corrected chi connectivity index (χ1v) is 8.77. The van der Waals surface area contributed by atoms with E-state index in [-0.39, 0.29) is 5.91 Å². The van der Waals surface area contributed by atoms with E-state index in [4.69, 9.17) is 0 Å². The second-order valence-electron chi connectivity index (χ2n) is 6.63. The quantitative estimate of drug-likeness (QED) is 0.920. The number of nitrogens with one attached hydrogen (secondary N) is 1. The van der Waals surface area contributed by atoms with Gasteiger partial charge in [0.2, 0.25) is 5.91 Å². The Morgan fingerprint density at radius 2 is 1.61 bits per heavy atom. The molecule has 2 fully saturated rings. The van der Waals surface area contributed by atoms with E-state index in [2.05, 4.69) is 46.4 Å². The van der Waals surface area contributed by atoms with E-state index < -0.39 is 0 Å². The predicted octanol–water partition coefficient (Wildman–Crippen LogP) is 1.86. The monoisotopic (exact) mass is 316 g/mol. The first-order chi connectivity index (χ1) is 11.2. The van der Waals surface area contributed by atoms with Gasteiger partial charge in [0.15, 0.2) is 0 Å². The van der Waals surface area contributed by atoms with Crippen LogP contribution in [0.1, 0.15) is 19.3 Å². The summed E-state index contributed by atoms with van der Waals surface area (Å²) in [5.41, 5.74) is 2.29. The molecule has 0 spiro atoms. The molecule has 23 heavy (non-hydrogen) atoms. The molecule has 1 aromatic rings. The summed E-state index contributed by atoms with van der Waals surface area (Å²) in [4.78, 5) is 18.9. The molecule has 2 aliphatic heterocycles. The predicted molar refractivity (Wildman–Crippen MR) is 95.1 cm³/mol. The van der Waals surface area contributed by atoms with Gasteiger partial charge in [0.05, 0.1) is 6.54 Å². The normalized spacial score (nSPS) is 19.7. The summed E-state index contributed by atoms with van der Waals surface area (Å²) >= 11 is 0. The minimum Gasteiger partial charge on any atom is -0.376 e. The smallest absolute Gasteiger partial charge is 0.241 e. The lowest BCUT2D eigenvalue weighted by Gasteiger charge is -2.34. The van der Waals surface area contributed by atoms with Crippen molar-refractivity contribution in [2.45, 2.75) is 19.3 Å². The molecule has 0 unspecified atom stereocenters. The number of rotatable bonds is 4. The molecule has 1 N–H and O–H groups in total. The number of likely N-dealkylation sites (tertiary alicyclic amines) is 1. The van der Waals surface area contributed by atoms with Crippen molar-refractivity contribution in [2.24, 2.45) is 0 Å². The lowest BCUT2D eigenvalue weighted by atomic mass is 10.1. The fraction of sp³-hybridized carbons (Fsp3) is 0.611. The van der Waals surface area contributed by atoms with Crippen LogP contribution in [-0.2, 0) is 4.79 Å². The van der Waals surface area contributed by atoms with Gasteiger partial charge >= 0.3 is 0 Å². The van der Waals surface area contributed by atoms with Gasteiger partial charge in [-0.05, 0) is 50.6 Å². The number of carbonyl (C=O) groups excluding carboxylic acids is 1. The van der Waals surface area contributed by atoms with Crippen molar-refractivity contribution in [3.8, 4) is 0 Å². The molecule has 5 nitrogen and oxygen atoms in total. The maximum atomic E-state index is 12.2. The molecular weight excluding hydrogens is 288 g/mol. The van der Waals surface area contributed by atoms with Gasteiger partial charge in [-0.3, -0.25) is 4.79 Å². The van der Waals surface area contributed by atoms with E-state index in [9.17, 15) is 4.79 Å². The number of carbonyl (C=O) groups is 1. The number of anilines is 2. The number of amides is 1. The van der Waals surface area contributed by atoms with Crippen molar-refractivity contribution < 1.29 is 4.79 Å². The van der Waals surface area contributed by atoms with Crippen LogP contribution in [0.2, 0.25) is 0 Å². The van der Waals surface area contributed by atoms with E-state index in [0.717, 1.165) is 57.8 Å². The second-order valence-corrected chi connectivity index (χ2v) is 6.63. The molecule has 2 saturated heterocycles. The van der Waals surface area contributed by atoms with E-state index in [1.165, 1.54) is 12.1 Å². The Bertz CT molecular complexity index is 502. The number of nitrogens with zero attached hydrogens (tertiary/aromatic N) is 3. The van der Waals surface area contributed by atoms with Crippen LogP contribution in [0.15, 0.2) is 24.3 Å². The number of piperazine rings is 1. The number of benzene rings is 1. The number of piperidine rings is 1. The number of likely N-dealkylation sites (N-methyl/N-ethyl adjacent to an activating group) is 1. The van der Waals surface area contributed by atoms with Crippen molar-refractivity contribution in [3.63, 3.8) is 0 Å². The average molecular weight is 316 g/mol. The minimum absolute atomic E-state index is 0.216. The van der Waals surface area contributed by atoms with Crippen LogP contribution in [0.4, 0.5) is 11.4 Å². The molecule has 0 saturated carbocycles. The van der Waals surface area contributed by atoms with E-state index in [1.54, 1.807) is 0 Å². The topological polar surface area (TPSA) is 38.8 Å². The third-order valence-electron chi connectivity index (χ3n) is 4.89. The Labute approximate surface area is 139 Å². The maximum absolute atomic E-state index is 12.2. The largest absolute Gasteiger partial charge is 0.376 e. The highest BCUT2D eigenvalue weighted by Gasteiger charge is 2.16. The highest BCUT2D eigenvalue weighted by molar-refractivity contribution is 5.81. The second kappa shape index (κ2) is 7.68. The molecule has 0 aliphatic carbocycles. The van der Waals surface area contributed by atoms with Gasteiger partial charge in [0.25, 0.3) is 0 Å². The molecule has 126 valence electrons. The lowest BCUT2D eigenvalue weighted by Crippen LogP contribution is -2.44. The van der Waals surface area contributed by atoms with Gasteiger partial charge in [-0.25, -0.2) is 0 Å². The highest BCUT2D eigenvalue weighted by Crippen LogP contribution is 2.19. The molecule has 3 rings (SSSR count). The van der Waals surface area contributed by atoms with Crippen LogP contribution < -0.4 is 10.2 Å². The summed E-state index contributed by atoms with van der Waals surface area (Å²) in [5.74, 6) is 0.216. The molecule has 0 aromatic heterocycles. The molecule has 1 amide bonds. The first-order valence-electron chi connectivity index (χ1n) is 8.77. The van der Waals surface area contributed by atoms with Crippen LogP contribution >= 0.6 is 0 Å². The van der Waals surface area contributed by atoms with Crippen molar-refractivity contribution in [2.75, 3.05) is 63.1 Å². The lowest BCUT2D eigenvalue weighted by molar-refractivity contribution is -0.130. The van der Waals surface area contributed by atoms with Crippen molar-refractivity contribution >= 4 is 17.3 Å².